The van der Waals surface area contributed by atoms with E-state index in [0.717, 1.165) is 16.8 Å². The van der Waals surface area contributed by atoms with E-state index in [9.17, 15) is 14.4 Å². The quantitative estimate of drug-likeness (QED) is 0.299. The Morgan fingerprint density at radius 3 is 2.73 bits per heavy atom. The number of benzene rings is 1. The highest BCUT2D eigenvalue weighted by molar-refractivity contribution is 7.99. The number of nitrogens with zero attached hydrogens (tertiary/aromatic N) is 2. The Bertz CT molecular complexity index is 1350. The average molecular weight is 483 g/mol. The molecule has 9 nitrogen and oxygen atoms in total. The fourth-order valence-corrected chi connectivity index (χ4v) is 4.90. The third kappa shape index (κ3) is 5.49. The molecule has 1 aromatic carbocycles. The van der Waals surface area contributed by atoms with Crippen molar-refractivity contribution in [2.45, 2.75) is 31.3 Å². The minimum absolute atomic E-state index is 0.0586. The number of thioether (sulfide) groups is 1. The molecule has 4 N–H and O–H groups in total. The molecule has 0 aliphatic rings. The third-order valence-electron chi connectivity index (χ3n) is 4.84. The number of H-pyrrole nitrogens is 2. The van der Waals surface area contributed by atoms with Crippen LogP contribution in [0.4, 0.5) is 0 Å². The Hall–Kier alpha value is -3.44. The third-order valence-corrected chi connectivity index (χ3v) is 6.87. The summed E-state index contributed by atoms with van der Waals surface area (Å²) in [5, 5.41) is 8.79. The molecule has 0 aliphatic heterocycles. The van der Waals surface area contributed by atoms with E-state index in [0.29, 0.717) is 27.5 Å². The van der Waals surface area contributed by atoms with Gasteiger partial charge in [0.1, 0.15) is 10.7 Å². The zero-order valence-corrected chi connectivity index (χ0v) is 19.6. The van der Waals surface area contributed by atoms with Gasteiger partial charge < -0.3 is 4.98 Å². The SMILES string of the molecule is Cc1cc(CC(=O)NNC(=O)[C@@H](C)SCc2nc3scc(-c4ccccc4)c3c(=O)[nH]2)n[nH]1. The Morgan fingerprint density at radius 1 is 1.21 bits per heavy atom. The number of aromatic amines is 2. The number of carbonyl (C=O) groups excluding carboxylic acids is 2. The number of nitrogens with one attached hydrogen (secondary N) is 4. The number of rotatable bonds is 7. The molecule has 4 aromatic rings. The summed E-state index contributed by atoms with van der Waals surface area (Å²) in [4.78, 5) is 45.0. The fourth-order valence-electron chi connectivity index (χ4n) is 3.18. The summed E-state index contributed by atoms with van der Waals surface area (Å²) >= 11 is 2.72. The standard InChI is InChI=1S/C22H22N6O3S2/c1-12-8-15(26-25-12)9-18(29)27-28-20(30)13(2)32-11-17-23-21(31)19-16(10-33-22(19)24-17)14-6-4-3-5-7-14/h3-8,10,13H,9,11H2,1-2H3,(H,25,26)(H,27,29)(H,28,30)(H,23,24,31)/t13-/m1/s1. The van der Waals surface area contributed by atoms with Gasteiger partial charge >= 0.3 is 0 Å². The van der Waals surface area contributed by atoms with Gasteiger partial charge in [-0.15, -0.1) is 23.1 Å². The molecule has 0 saturated carbocycles. The summed E-state index contributed by atoms with van der Waals surface area (Å²) in [5.74, 6) is 0.128. The molecule has 0 bridgehead atoms. The number of hydrazine groups is 1. The number of amides is 2. The maximum absolute atomic E-state index is 12.7. The van der Waals surface area contributed by atoms with Gasteiger partial charge in [0.05, 0.1) is 28.5 Å². The Labute approximate surface area is 197 Å². The van der Waals surface area contributed by atoms with Gasteiger partial charge in [0.25, 0.3) is 11.5 Å². The van der Waals surface area contributed by atoms with Crippen LogP contribution in [0.3, 0.4) is 0 Å². The van der Waals surface area contributed by atoms with Crippen LogP contribution in [-0.2, 0) is 21.8 Å². The lowest BCUT2D eigenvalue weighted by Gasteiger charge is -2.12. The van der Waals surface area contributed by atoms with E-state index in [1.807, 2.05) is 42.6 Å². The molecule has 0 saturated heterocycles. The van der Waals surface area contributed by atoms with Crippen molar-refractivity contribution in [3.8, 4) is 11.1 Å². The van der Waals surface area contributed by atoms with Crippen LogP contribution in [0.15, 0.2) is 46.6 Å². The topological polar surface area (TPSA) is 133 Å². The van der Waals surface area contributed by atoms with E-state index in [2.05, 4.69) is 31.0 Å². The first kappa shape index (κ1) is 22.7. The first-order chi connectivity index (χ1) is 15.9. The number of hydrogen-bond donors (Lipinski definition) is 4. The molecule has 33 heavy (non-hydrogen) atoms. The zero-order valence-electron chi connectivity index (χ0n) is 18.0. The highest BCUT2D eigenvalue weighted by atomic mass is 32.2. The highest BCUT2D eigenvalue weighted by Gasteiger charge is 2.17. The number of carbonyl (C=O) groups is 2. The largest absolute Gasteiger partial charge is 0.309 e. The van der Waals surface area contributed by atoms with E-state index in [1.54, 1.807) is 13.0 Å². The Morgan fingerprint density at radius 2 is 2.00 bits per heavy atom. The minimum Gasteiger partial charge on any atom is -0.309 e. The van der Waals surface area contributed by atoms with Gasteiger partial charge in [-0.1, -0.05) is 30.3 Å². The zero-order chi connectivity index (χ0) is 23.4. The van der Waals surface area contributed by atoms with Gasteiger partial charge in [0.2, 0.25) is 5.91 Å². The predicted octanol–water partition coefficient (Wildman–Crippen LogP) is 2.69. The summed E-state index contributed by atoms with van der Waals surface area (Å²) in [6, 6.07) is 11.5. The van der Waals surface area contributed by atoms with E-state index in [4.69, 9.17) is 0 Å². The van der Waals surface area contributed by atoms with Crippen LogP contribution in [0.1, 0.15) is 24.1 Å². The number of hydrogen-bond acceptors (Lipinski definition) is 7. The van der Waals surface area contributed by atoms with Crippen molar-refractivity contribution >= 4 is 45.1 Å². The summed E-state index contributed by atoms with van der Waals surface area (Å²) in [6.07, 6.45) is 0.0586. The summed E-state index contributed by atoms with van der Waals surface area (Å²) in [5.41, 5.74) is 7.89. The maximum atomic E-state index is 12.7. The van der Waals surface area contributed by atoms with Crippen LogP contribution in [0, 0.1) is 6.92 Å². The molecule has 0 spiro atoms. The molecule has 0 aliphatic carbocycles. The summed E-state index contributed by atoms with van der Waals surface area (Å²) < 4.78 is 0. The van der Waals surface area contributed by atoms with Crippen molar-refractivity contribution in [3.63, 3.8) is 0 Å². The van der Waals surface area contributed by atoms with Gasteiger partial charge in [-0.3, -0.25) is 30.3 Å². The van der Waals surface area contributed by atoms with E-state index >= 15 is 0 Å². The maximum Gasteiger partial charge on any atom is 0.260 e. The first-order valence-corrected chi connectivity index (χ1v) is 12.1. The van der Waals surface area contributed by atoms with Gasteiger partial charge in [0.15, 0.2) is 0 Å². The molecule has 1 atom stereocenters. The van der Waals surface area contributed by atoms with Gasteiger partial charge in [-0.2, -0.15) is 5.10 Å². The average Bonchev–Trinajstić information content (AvgIpc) is 3.42. The van der Waals surface area contributed by atoms with E-state index in [-0.39, 0.29) is 23.8 Å². The van der Waals surface area contributed by atoms with Gasteiger partial charge in [-0.25, -0.2) is 4.98 Å². The second kappa shape index (κ2) is 10.0. The number of thiophene rings is 1. The molecule has 3 heterocycles. The predicted molar refractivity (Wildman–Crippen MR) is 130 cm³/mol. The van der Waals surface area contributed by atoms with E-state index < -0.39 is 5.25 Å². The molecule has 2 amide bonds. The van der Waals surface area contributed by atoms with Crippen LogP contribution in [0.5, 0.6) is 0 Å². The van der Waals surface area contributed by atoms with Crippen LogP contribution < -0.4 is 16.4 Å². The molecule has 0 radical (unpaired) electrons. The highest BCUT2D eigenvalue weighted by Crippen LogP contribution is 2.30. The Balaban J connectivity index is 1.33. The summed E-state index contributed by atoms with van der Waals surface area (Å²) in [7, 11) is 0. The van der Waals surface area contributed by atoms with Crippen molar-refractivity contribution in [2.24, 2.45) is 0 Å². The van der Waals surface area contributed by atoms with Crippen LogP contribution >= 0.6 is 23.1 Å². The van der Waals surface area contributed by atoms with Gasteiger partial charge in [0, 0.05) is 16.6 Å². The second-order valence-corrected chi connectivity index (χ2v) is 9.61. The lowest BCUT2D eigenvalue weighted by molar-refractivity contribution is -0.128. The normalized spacial score (nSPS) is 11.9. The molecule has 0 unspecified atom stereocenters. The fraction of sp³-hybridized carbons (Fsp3) is 0.227. The van der Waals surface area contributed by atoms with Gasteiger partial charge in [-0.05, 0) is 25.5 Å². The van der Waals surface area contributed by atoms with Crippen molar-refractivity contribution < 1.29 is 9.59 Å². The lowest BCUT2D eigenvalue weighted by atomic mass is 10.1. The van der Waals surface area contributed by atoms with Crippen LogP contribution in [0.25, 0.3) is 21.3 Å². The lowest BCUT2D eigenvalue weighted by Crippen LogP contribution is -2.45. The minimum atomic E-state index is -0.470. The molecule has 3 aromatic heterocycles. The van der Waals surface area contributed by atoms with Crippen molar-refractivity contribution in [1.82, 2.24) is 31.0 Å². The van der Waals surface area contributed by atoms with Crippen molar-refractivity contribution in [2.75, 3.05) is 0 Å². The molecule has 170 valence electrons. The Kier molecular flexibility index (Phi) is 6.90. The van der Waals surface area contributed by atoms with Crippen molar-refractivity contribution in [1.29, 1.82) is 0 Å². The number of fused-ring (bicyclic) bond motifs is 1. The number of aromatic nitrogens is 4. The molecule has 11 heteroatoms. The summed E-state index contributed by atoms with van der Waals surface area (Å²) in [6.45, 7) is 3.56. The van der Waals surface area contributed by atoms with Crippen LogP contribution in [0.2, 0.25) is 0 Å². The molecule has 4 rings (SSSR count). The second-order valence-electron chi connectivity index (χ2n) is 7.42. The molecular formula is C22H22N6O3S2. The van der Waals surface area contributed by atoms with E-state index in [1.165, 1.54) is 23.1 Å². The monoisotopic (exact) mass is 482 g/mol. The molecule has 0 fully saturated rings. The molecular weight excluding hydrogens is 460 g/mol. The number of aryl methyl sites for hydroxylation is 1. The van der Waals surface area contributed by atoms with Crippen LogP contribution in [-0.4, -0.2) is 37.2 Å². The first-order valence-electron chi connectivity index (χ1n) is 10.2. The smallest absolute Gasteiger partial charge is 0.260 e. The van der Waals surface area contributed by atoms with Crippen molar-refractivity contribution in [3.05, 3.63) is 69.3 Å².